The first-order chi connectivity index (χ1) is 13.0. The fourth-order valence-corrected chi connectivity index (χ4v) is 2.70. The second-order valence-corrected chi connectivity index (χ2v) is 6.20. The van der Waals surface area contributed by atoms with Crippen molar-refractivity contribution >= 4 is 29.3 Å². The lowest BCUT2D eigenvalue weighted by Crippen LogP contribution is -2.23. The van der Waals surface area contributed by atoms with Crippen molar-refractivity contribution in [2.45, 2.75) is 20.4 Å². The highest BCUT2D eigenvalue weighted by atomic mass is 35.5. The third-order valence-electron chi connectivity index (χ3n) is 3.83. The van der Waals surface area contributed by atoms with Crippen molar-refractivity contribution in [1.29, 1.82) is 0 Å². The van der Waals surface area contributed by atoms with Gasteiger partial charge in [0.1, 0.15) is 17.1 Å². The fourth-order valence-electron chi connectivity index (χ4n) is 2.51. The molecule has 27 heavy (non-hydrogen) atoms. The molecule has 2 heterocycles. The summed E-state index contributed by atoms with van der Waals surface area (Å²) >= 11 is 6.16. The maximum atomic E-state index is 12.1. The van der Waals surface area contributed by atoms with E-state index in [9.17, 15) is 9.59 Å². The molecule has 0 spiro atoms. The Hall–Kier alpha value is -3.13. The molecule has 0 aliphatic rings. The van der Waals surface area contributed by atoms with Crippen LogP contribution in [0.25, 0.3) is 0 Å². The van der Waals surface area contributed by atoms with Crippen molar-refractivity contribution in [1.82, 2.24) is 14.9 Å². The third-order valence-corrected chi connectivity index (χ3v) is 4.20. The van der Waals surface area contributed by atoms with Gasteiger partial charge in [-0.2, -0.15) is 5.10 Å². The van der Waals surface area contributed by atoms with E-state index >= 15 is 0 Å². The number of hydrogen-bond donors (Lipinski definition) is 1. The summed E-state index contributed by atoms with van der Waals surface area (Å²) in [5, 5.41) is 11.1. The molecule has 1 amide bonds. The number of rotatable bonds is 6. The van der Waals surface area contributed by atoms with Crippen molar-refractivity contribution in [2.24, 2.45) is 0 Å². The summed E-state index contributed by atoms with van der Waals surface area (Å²) in [6.07, 6.45) is 1.56. The lowest BCUT2D eigenvalue weighted by atomic mass is 10.2. The van der Waals surface area contributed by atoms with Crippen LogP contribution >= 0.6 is 11.6 Å². The minimum Gasteiger partial charge on any atom is -0.452 e. The van der Waals surface area contributed by atoms with Gasteiger partial charge in [-0.25, -0.2) is 9.48 Å². The number of nitrogens with zero attached hydrogens (tertiary/aromatic N) is 3. The number of esters is 1. The Labute approximate surface area is 160 Å². The molecule has 140 valence electrons. The molecule has 0 saturated heterocycles. The first-order valence-corrected chi connectivity index (χ1v) is 8.48. The summed E-state index contributed by atoms with van der Waals surface area (Å²) in [5.41, 5.74) is 1.51. The highest BCUT2D eigenvalue weighted by molar-refractivity contribution is 6.31. The molecule has 1 N–H and O–H groups in total. The van der Waals surface area contributed by atoms with E-state index in [0.29, 0.717) is 28.8 Å². The Morgan fingerprint density at radius 3 is 2.74 bits per heavy atom. The van der Waals surface area contributed by atoms with Gasteiger partial charge < -0.3 is 14.6 Å². The Morgan fingerprint density at radius 1 is 1.26 bits per heavy atom. The van der Waals surface area contributed by atoms with Crippen LogP contribution in [0.2, 0.25) is 5.02 Å². The van der Waals surface area contributed by atoms with Crippen LogP contribution in [0.5, 0.6) is 0 Å². The third kappa shape index (κ3) is 4.35. The minimum atomic E-state index is -0.661. The highest BCUT2D eigenvalue weighted by Crippen LogP contribution is 2.18. The Morgan fingerprint density at radius 2 is 2.04 bits per heavy atom. The lowest BCUT2D eigenvalue weighted by Gasteiger charge is -2.10. The van der Waals surface area contributed by atoms with Gasteiger partial charge in [-0.05, 0) is 25.5 Å². The zero-order valence-electron chi connectivity index (χ0n) is 14.7. The molecule has 3 rings (SSSR count). The maximum Gasteiger partial charge on any atom is 0.344 e. The summed E-state index contributed by atoms with van der Waals surface area (Å²) < 4.78 is 11.5. The summed E-state index contributed by atoms with van der Waals surface area (Å²) in [6, 6.07) is 9.01. The summed E-state index contributed by atoms with van der Waals surface area (Å²) in [5.74, 6) is -0.342. The van der Waals surface area contributed by atoms with E-state index in [1.807, 2.05) is 18.2 Å². The molecule has 1 aromatic carbocycles. The molecule has 0 aliphatic heterocycles. The summed E-state index contributed by atoms with van der Waals surface area (Å²) in [7, 11) is 0. The Balaban J connectivity index is 1.60. The number of aryl methyl sites for hydroxylation is 2. The zero-order chi connectivity index (χ0) is 19.4. The van der Waals surface area contributed by atoms with E-state index in [1.165, 1.54) is 0 Å². The average Bonchev–Trinajstić information content (AvgIpc) is 3.21. The Kier molecular flexibility index (Phi) is 5.56. The van der Waals surface area contributed by atoms with Gasteiger partial charge in [0.05, 0.1) is 18.4 Å². The molecule has 0 aliphatic carbocycles. The average molecular weight is 389 g/mol. The summed E-state index contributed by atoms with van der Waals surface area (Å²) in [6.45, 7) is 3.17. The van der Waals surface area contributed by atoms with Gasteiger partial charge in [0, 0.05) is 11.1 Å². The molecule has 0 saturated carbocycles. The van der Waals surface area contributed by atoms with Crippen molar-refractivity contribution in [3.63, 3.8) is 0 Å². The van der Waals surface area contributed by atoms with Crippen LogP contribution in [-0.4, -0.2) is 33.4 Å². The fraction of sp³-hybridized carbons (Fsp3) is 0.222. The van der Waals surface area contributed by atoms with E-state index in [2.05, 4.69) is 15.6 Å². The standard InChI is InChI=1S/C18H17ClN4O4/c1-11-17(12(2)27-22-11)18(25)26-10-16(24)21-15-7-8-20-23(15)9-13-5-3-4-6-14(13)19/h3-8H,9-10H2,1-2H3,(H,21,24). The smallest absolute Gasteiger partial charge is 0.344 e. The number of ether oxygens (including phenoxy) is 1. The van der Waals surface area contributed by atoms with Gasteiger partial charge >= 0.3 is 5.97 Å². The van der Waals surface area contributed by atoms with Crippen LogP contribution in [-0.2, 0) is 16.1 Å². The quantitative estimate of drug-likeness (QED) is 0.652. The van der Waals surface area contributed by atoms with Crippen LogP contribution in [0, 0.1) is 13.8 Å². The number of aromatic nitrogens is 3. The van der Waals surface area contributed by atoms with Crippen molar-refractivity contribution in [2.75, 3.05) is 11.9 Å². The van der Waals surface area contributed by atoms with Crippen LogP contribution in [0.1, 0.15) is 27.4 Å². The number of carbonyl (C=O) groups excluding carboxylic acids is 2. The number of halogens is 1. The lowest BCUT2D eigenvalue weighted by molar-refractivity contribution is -0.119. The van der Waals surface area contributed by atoms with E-state index in [-0.39, 0.29) is 5.56 Å². The van der Waals surface area contributed by atoms with E-state index in [0.717, 1.165) is 5.56 Å². The van der Waals surface area contributed by atoms with Crippen molar-refractivity contribution < 1.29 is 18.8 Å². The van der Waals surface area contributed by atoms with Gasteiger partial charge in [-0.15, -0.1) is 0 Å². The van der Waals surface area contributed by atoms with E-state index in [1.54, 1.807) is 36.9 Å². The van der Waals surface area contributed by atoms with Crippen LogP contribution in [0.3, 0.4) is 0 Å². The molecule has 3 aromatic rings. The number of benzene rings is 1. The predicted molar refractivity (Wildman–Crippen MR) is 97.7 cm³/mol. The number of amides is 1. The normalized spacial score (nSPS) is 10.6. The molecule has 2 aromatic heterocycles. The second kappa shape index (κ2) is 8.05. The number of nitrogens with one attached hydrogen (secondary N) is 1. The number of hydrogen-bond acceptors (Lipinski definition) is 6. The SMILES string of the molecule is Cc1noc(C)c1C(=O)OCC(=O)Nc1ccnn1Cc1ccccc1Cl. The molecular formula is C18H17ClN4O4. The maximum absolute atomic E-state index is 12.1. The topological polar surface area (TPSA) is 99.2 Å². The largest absolute Gasteiger partial charge is 0.452 e. The first kappa shape index (κ1) is 18.7. The first-order valence-electron chi connectivity index (χ1n) is 8.10. The van der Waals surface area contributed by atoms with Crippen LogP contribution < -0.4 is 5.32 Å². The molecule has 0 fully saturated rings. The number of carbonyl (C=O) groups is 2. The van der Waals surface area contributed by atoms with Gasteiger partial charge in [-0.3, -0.25) is 4.79 Å². The van der Waals surface area contributed by atoms with Crippen molar-refractivity contribution in [3.05, 3.63) is 64.1 Å². The van der Waals surface area contributed by atoms with E-state index < -0.39 is 18.5 Å². The van der Waals surface area contributed by atoms with E-state index in [4.69, 9.17) is 20.9 Å². The minimum absolute atomic E-state index is 0.228. The van der Waals surface area contributed by atoms with Crippen LogP contribution in [0.4, 0.5) is 5.82 Å². The van der Waals surface area contributed by atoms with Crippen molar-refractivity contribution in [3.8, 4) is 0 Å². The summed E-state index contributed by atoms with van der Waals surface area (Å²) in [4.78, 5) is 24.2. The van der Waals surface area contributed by atoms with Gasteiger partial charge in [0.15, 0.2) is 6.61 Å². The Bertz CT molecular complexity index is 960. The molecule has 9 heteroatoms. The van der Waals surface area contributed by atoms with Gasteiger partial charge in [0.2, 0.25) is 0 Å². The zero-order valence-corrected chi connectivity index (χ0v) is 15.5. The molecule has 0 bridgehead atoms. The van der Waals surface area contributed by atoms with Crippen LogP contribution in [0.15, 0.2) is 41.1 Å². The highest BCUT2D eigenvalue weighted by Gasteiger charge is 2.20. The number of anilines is 1. The van der Waals surface area contributed by atoms with Gasteiger partial charge in [0.25, 0.3) is 5.91 Å². The molecule has 0 atom stereocenters. The molecule has 8 nitrogen and oxygen atoms in total. The predicted octanol–water partition coefficient (Wildman–Crippen LogP) is 2.99. The molecule has 0 radical (unpaired) electrons. The molecule has 0 unspecified atom stereocenters. The van der Waals surface area contributed by atoms with Gasteiger partial charge in [-0.1, -0.05) is 35.0 Å². The second-order valence-electron chi connectivity index (χ2n) is 5.79. The molecular weight excluding hydrogens is 372 g/mol. The monoisotopic (exact) mass is 388 g/mol.